The Balaban J connectivity index is 3.45. The summed E-state index contributed by atoms with van der Waals surface area (Å²) in [4.78, 5) is 2.06. The molecule has 0 spiro atoms. The Morgan fingerprint density at radius 2 is 1.69 bits per heavy atom. The normalized spacial score (nSPS) is 12.0. The first-order valence-corrected chi connectivity index (χ1v) is 8.33. The Labute approximate surface area is 109 Å². The van der Waals surface area contributed by atoms with E-state index in [1.54, 1.807) is 0 Å². The van der Waals surface area contributed by atoms with Gasteiger partial charge in [-0.3, -0.25) is 0 Å². The molecule has 0 aliphatic rings. The molecule has 90 valence electrons. The summed E-state index contributed by atoms with van der Waals surface area (Å²) >= 11 is 12.3. The van der Waals surface area contributed by atoms with Crippen molar-refractivity contribution in [2.75, 3.05) is 19.0 Å². The van der Waals surface area contributed by atoms with E-state index < -0.39 is 6.63 Å². The average Bonchev–Trinajstić information content (AvgIpc) is 2.14. The number of rotatable bonds is 2. The third-order valence-corrected chi connectivity index (χ3v) is 4.30. The molecule has 0 heterocycles. The zero-order chi connectivity index (χ0) is 12.5. The molecule has 4 heteroatoms. The van der Waals surface area contributed by atoms with Gasteiger partial charge in [-0.1, -0.05) is 55.4 Å². The largest absolute Gasteiger partial charge is 0.377 e. The van der Waals surface area contributed by atoms with Crippen molar-refractivity contribution in [1.82, 2.24) is 0 Å². The molecule has 0 saturated heterocycles. The molecule has 1 aromatic rings. The molecule has 0 fully saturated rings. The molecule has 0 aliphatic carbocycles. The van der Waals surface area contributed by atoms with E-state index in [0.29, 0.717) is 0 Å². The fourth-order valence-corrected chi connectivity index (χ4v) is 3.78. The summed E-state index contributed by atoms with van der Waals surface area (Å²) in [6, 6.07) is 6.24. The summed E-state index contributed by atoms with van der Waals surface area (Å²) in [6.07, 6.45) is 0. The van der Waals surface area contributed by atoms with Gasteiger partial charge in [0.05, 0.1) is 0 Å². The maximum absolute atomic E-state index is 6.17. The Hall–Kier alpha value is 0.0300. The lowest BCUT2D eigenvalue weighted by molar-refractivity contribution is 0.594. The fourth-order valence-electron chi connectivity index (χ4n) is 1.68. The molecule has 0 N–H and O–H groups in total. The highest BCUT2D eigenvalue weighted by Crippen LogP contribution is 2.50. The maximum Gasteiger partial charge on any atom is 0.119 e. The van der Waals surface area contributed by atoms with Crippen LogP contribution in [0.5, 0.6) is 0 Å². The quantitative estimate of drug-likeness (QED) is 0.722. The summed E-state index contributed by atoms with van der Waals surface area (Å²) in [5.74, 6) is 0. The van der Waals surface area contributed by atoms with Crippen molar-refractivity contribution in [1.29, 1.82) is 0 Å². The molecular formula is C12H18Cl2NP. The summed E-state index contributed by atoms with van der Waals surface area (Å²) in [5, 5.41) is 1.08. The van der Waals surface area contributed by atoms with Gasteiger partial charge in [0.2, 0.25) is 0 Å². The number of nitrogens with zero attached hydrogens (tertiary/aromatic N) is 1. The van der Waals surface area contributed by atoms with Crippen LogP contribution in [-0.2, 0) is 5.41 Å². The molecule has 16 heavy (non-hydrogen) atoms. The number of anilines is 1. The number of halogens is 2. The molecule has 0 aromatic heterocycles. The zero-order valence-electron chi connectivity index (χ0n) is 10.4. The Morgan fingerprint density at radius 3 is 2.06 bits per heavy atom. The smallest absolute Gasteiger partial charge is 0.119 e. The van der Waals surface area contributed by atoms with Crippen molar-refractivity contribution in [3.05, 3.63) is 23.8 Å². The molecule has 0 amide bonds. The fraction of sp³-hybridized carbons (Fsp3) is 0.500. The van der Waals surface area contributed by atoms with Crippen LogP contribution in [0.25, 0.3) is 0 Å². The third kappa shape index (κ3) is 3.03. The van der Waals surface area contributed by atoms with E-state index in [0.717, 1.165) is 11.0 Å². The van der Waals surface area contributed by atoms with Gasteiger partial charge in [-0.25, -0.2) is 0 Å². The van der Waals surface area contributed by atoms with Crippen LogP contribution in [0.1, 0.15) is 26.3 Å². The van der Waals surface area contributed by atoms with Crippen LogP contribution < -0.4 is 10.2 Å². The van der Waals surface area contributed by atoms with E-state index in [2.05, 4.69) is 43.9 Å². The summed E-state index contributed by atoms with van der Waals surface area (Å²) in [7, 11) is 4.02. The van der Waals surface area contributed by atoms with Gasteiger partial charge in [0.25, 0.3) is 0 Å². The second kappa shape index (κ2) is 5.12. The Morgan fingerprint density at radius 1 is 1.12 bits per heavy atom. The van der Waals surface area contributed by atoms with E-state index in [-0.39, 0.29) is 5.41 Å². The van der Waals surface area contributed by atoms with Gasteiger partial charge < -0.3 is 4.90 Å². The van der Waals surface area contributed by atoms with Gasteiger partial charge in [0, 0.05) is 25.1 Å². The average molecular weight is 278 g/mol. The van der Waals surface area contributed by atoms with Gasteiger partial charge in [0.15, 0.2) is 0 Å². The van der Waals surface area contributed by atoms with Crippen LogP contribution in [0.15, 0.2) is 18.2 Å². The molecule has 0 bridgehead atoms. The molecular weight excluding hydrogens is 260 g/mol. The summed E-state index contributed by atoms with van der Waals surface area (Å²) < 4.78 is 0. The number of hydrogen-bond acceptors (Lipinski definition) is 1. The molecule has 1 nitrogen and oxygen atoms in total. The highest BCUT2D eigenvalue weighted by molar-refractivity contribution is 8.09. The summed E-state index contributed by atoms with van der Waals surface area (Å²) in [6.45, 7) is 5.40. The minimum atomic E-state index is -1.13. The molecule has 1 aromatic carbocycles. The third-order valence-electron chi connectivity index (χ3n) is 2.47. The summed E-state index contributed by atoms with van der Waals surface area (Å²) in [5.41, 5.74) is 2.41. The number of hydrogen-bond donors (Lipinski definition) is 0. The van der Waals surface area contributed by atoms with Crippen LogP contribution in [0.3, 0.4) is 0 Å². The molecule has 0 atom stereocenters. The van der Waals surface area contributed by atoms with E-state index in [1.807, 2.05) is 14.1 Å². The standard InChI is InChI=1S/C12H18Cl2NP/c1-12(2,3)9-7-6-8-10(15(4)5)11(9)16(13)14/h6-8H,1-5H3. The SMILES string of the molecule is CN(C)c1cccc(C(C)(C)C)c1P(Cl)Cl. The van der Waals surface area contributed by atoms with E-state index >= 15 is 0 Å². The second-order valence-corrected chi connectivity index (χ2v) is 8.51. The first-order chi connectivity index (χ1) is 7.25. The minimum Gasteiger partial charge on any atom is -0.377 e. The van der Waals surface area contributed by atoms with Gasteiger partial charge in [-0.15, -0.1) is 0 Å². The molecule has 0 radical (unpaired) electrons. The van der Waals surface area contributed by atoms with Crippen molar-refractivity contribution in [2.24, 2.45) is 0 Å². The Kier molecular flexibility index (Phi) is 4.51. The maximum atomic E-state index is 6.17. The second-order valence-electron chi connectivity index (χ2n) is 5.05. The predicted molar refractivity (Wildman–Crippen MR) is 77.7 cm³/mol. The first kappa shape index (κ1) is 14.1. The van der Waals surface area contributed by atoms with Gasteiger partial charge >= 0.3 is 0 Å². The van der Waals surface area contributed by atoms with Crippen molar-refractivity contribution in [3.63, 3.8) is 0 Å². The van der Waals surface area contributed by atoms with Crippen molar-refractivity contribution < 1.29 is 0 Å². The Bertz CT molecular complexity index is 370. The van der Waals surface area contributed by atoms with Crippen molar-refractivity contribution >= 4 is 40.1 Å². The molecule has 0 saturated carbocycles. The lowest BCUT2D eigenvalue weighted by Crippen LogP contribution is -2.25. The van der Waals surface area contributed by atoms with Gasteiger partial charge in [-0.2, -0.15) is 0 Å². The molecule has 0 unspecified atom stereocenters. The van der Waals surface area contributed by atoms with Crippen molar-refractivity contribution in [2.45, 2.75) is 26.2 Å². The van der Waals surface area contributed by atoms with Crippen LogP contribution in [0.4, 0.5) is 5.69 Å². The topological polar surface area (TPSA) is 3.24 Å². The zero-order valence-corrected chi connectivity index (χ0v) is 12.8. The highest BCUT2D eigenvalue weighted by atomic mass is 35.9. The van der Waals surface area contributed by atoms with Crippen molar-refractivity contribution in [3.8, 4) is 0 Å². The van der Waals surface area contributed by atoms with Crippen LogP contribution >= 0.6 is 29.1 Å². The van der Waals surface area contributed by atoms with Gasteiger partial charge in [0.1, 0.15) is 6.63 Å². The number of benzene rings is 1. The van der Waals surface area contributed by atoms with Crippen LogP contribution in [0, 0.1) is 0 Å². The van der Waals surface area contributed by atoms with Gasteiger partial charge in [-0.05, 0) is 17.0 Å². The van der Waals surface area contributed by atoms with Crippen LogP contribution in [0.2, 0.25) is 0 Å². The molecule has 0 aliphatic heterocycles. The lowest BCUT2D eigenvalue weighted by atomic mass is 9.86. The van der Waals surface area contributed by atoms with E-state index in [4.69, 9.17) is 22.5 Å². The highest BCUT2D eigenvalue weighted by Gasteiger charge is 2.24. The minimum absolute atomic E-state index is 0.0612. The van der Waals surface area contributed by atoms with Crippen LogP contribution in [-0.4, -0.2) is 14.1 Å². The predicted octanol–water partition coefficient (Wildman–Crippen LogP) is 4.46. The first-order valence-electron chi connectivity index (χ1n) is 5.17. The van der Waals surface area contributed by atoms with E-state index in [9.17, 15) is 0 Å². The molecule has 1 rings (SSSR count). The lowest BCUT2D eigenvalue weighted by Gasteiger charge is -2.27. The monoisotopic (exact) mass is 277 g/mol. The van der Waals surface area contributed by atoms with E-state index in [1.165, 1.54) is 5.56 Å².